The van der Waals surface area contributed by atoms with Crippen LogP contribution < -0.4 is 16.0 Å². The van der Waals surface area contributed by atoms with Crippen molar-refractivity contribution in [2.45, 2.75) is 13.8 Å². The van der Waals surface area contributed by atoms with E-state index in [2.05, 4.69) is 23.8 Å². The first kappa shape index (κ1) is 14.3. The predicted octanol–water partition coefficient (Wildman–Crippen LogP) is 1.56. The minimum Gasteiger partial charge on any atom is -0.462 e. The zero-order valence-corrected chi connectivity index (χ0v) is 11.7. The molecular formula is C14H19N3O3. The van der Waals surface area contributed by atoms with E-state index in [4.69, 9.17) is 15.2 Å². The number of nitrogens with one attached hydrogen (secondary N) is 1. The van der Waals surface area contributed by atoms with Crippen molar-refractivity contribution < 1.29 is 9.47 Å². The average molecular weight is 277 g/mol. The smallest absolute Gasteiger partial charge is 0.297 e. The molecule has 0 saturated heterocycles. The SMILES string of the molecule is CC(C)COCCOc1nc2ccc(N)cc2c(=O)[nH]1. The van der Waals surface area contributed by atoms with Gasteiger partial charge >= 0.3 is 0 Å². The summed E-state index contributed by atoms with van der Waals surface area (Å²) in [6.07, 6.45) is 0. The second-order valence-corrected chi connectivity index (χ2v) is 4.96. The van der Waals surface area contributed by atoms with Crippen LogP contribution in [0.1, 0.15) is 13.8 Å². The van der Waals surface area contributed by atoms with Crippen LogP contribution in [0, 0.1) is 5.92 Å². The van der Waals surface area contributed by atoms with E-state index in [0.717, 1.165) is 0 Å². The summed E-state index contributed by atoms with van der Waals surface area (Å²) in [6.45, 7) is 5.64. The van der Waals surface area contributed by atoms with Gasteiger partial charge in [-0.05, 0) is 24.1 Å². The van der Waals surface area contributed by atoms with Gasteiger partial charge in [0.2, 0.25) is 0 Å². The number of benzene rings is 1. The van der Waals surface area contributed by atoms with Crippen molar-refractivity contribution in [3.8, 4) is 6.01 Å². The number of H-pyrrole nitrogens is 1. The fourth-order valence-corrected chi connectivity index (χ4v) is 1.72. The van der Waals surface area contributed by atoms with Crippen LogP contribution in [0.3, 0.4) is 0 Å². The minimum absolute atomic E-state index is 0.195. The van der Waals surface area contributed by atoms with Gasteiger partial charge in [-0.1, -0.05) is 13.8 Å². The first-order valence-corrected chi connectivity index (χ1v) is 6.56. The molecule has 0 atom stereocenters. The molecule has 0 spiro atoms. The van der Waals surface area contributed by atoms with Gasteiger partial charge in [0.1, 0.15) is 6.61 Å². The summed E-state index contributed by atoms with van der Waals surface area (Å²) in [6, 6.07) is 5.18. The third-order valence-corrected chi connectivity index (χ3v) is 2.63. The molecule has 0 fully saturated rings. The lowest BCUT2D eigenvalue weighted by Gasteiger charge is -2.08. The van der Waals surface area contributed by atoms with Crippen LogP contribution in [0.25, 0.3) is 10.9 Å². The van der Waals surface area contributed by atoms with Crippen LogP contribution >= 0.6 is 0 Å². The molecule has 0 bridgehead atoms. The fraction of sp³-hybridized carbons (Fsp3) is 0.429. The van der Waals surface area contributed by atoms with E-state index < -0.39 is 0 Å². The summed E-state index contributed by atoms with van der Waals surface area (Å²) >= 11 is 0. The van der Waals surface area contributed by atoms with Crippen LogP contribution in [0.5, 0.6) is 6.01 Å². The fourth-order valence-electron chi connectivity index (χ4n) is 1.72. The zero-order valence-electron chi connectivity index (χ0n) is 11.7. The summed E-state index contributed by atoms with van der Waals surface area (Å²) in [7, 11) is 0. The van der Waals surface area contributed by atoms with Crippen molar-refractivity contribution in [3.63, 3.8) is 0 Å². The van der Waals surface area contributed by atoms with Gasteiger partial charge in [0.15, 0.2) is 0 Å². The number of aromatic nitrogens is 2. The number of nitrogens with zero attached hydrogens (tertiary/aromatic N) is 1. The molecule has 2 aromatic rings. The molecule has 0 saturated carbocycles. The normalized spacial score (nSPS) is 11.2. The van der Waals surface area contributed by atoms with Crippen molar-refractivity contribution in [2.24, 2.45) is 5.92 Å². The van der Waals surface area contributed by atoms with Crippen molar-refractivity contribution in [2.75, 3.05) is 25.6 Å². The molecule has 0 amide bonds. The van der Waals surface area contributed by atoms with E-state index in [-0.39, 0.29) is 11.6 Å². The molecule has 1 heterocycles. The Kier molecular flexibility index (Phi) is 4.57. The van der Waals surface area contributed by atoms with Gasteiger partial charge in [0.25, 0.3) is 11.6 Å². The van der Waals surface area contributed by atoms with Crippen LogP contribution in [-0.4, -0.2) is 29.8 Å². The predicted molar refractivity (Wildman–Crippen MR) is 77.9 cm³/mol. The van der Waals surface area contributed by atoms with Crippen LogP contribution in [0.4, 0.5) is 5.69 Å². The van der Waals surface area contributed by atoms with E-state index in [1.165, 1.54) is 0 Å². The highest BCUT2D eigenvalue weighted by Gasteiger charge is 2.05. The Hall–Kier alpha value is -2.08. The largest absolute Gasteiger partial charge is 0.462 e. The number of fused-ring (bicyclic) bond motifs is 1. The number of ether oxygens (including phenoxy) is 2. The lowest BCUT2D eigenvalue weighted by Crippen LogP contribution is -2.15. The zero-order chi connectivity index (χ0) is 14.5. The van der Waals surface area contributed by atoms with Crippen molar-refractivity contribution in [1.82, 2.24) is 9.97 Å². The second-order valence-electron chi connectivity index (χ2n) is 4.96. The lowest BCUT2D eigenvalue weighted by molar-refractivity contribution is 0.0792. The van der Waals surface area contributed by atoms with E-state index in [0.29, 0.717) is 42.3 Å². The second kappa shape index (κ2) is 6.38. The molecule has 1 aromatic heterocycles. The van der Waals surface area contributed by atoms with Gasteiger partial charge < -0.3 is 15.2 Å². The molecule has 6 heteroatoms. The minimum atomic E-state index is -0.264. The topological polar surface area (TPSA) is 90.2 Å². The first-order valence-electron chi connectivity index (χ1n) is 6.56. The van der Waals surface area contributed by atoms with Gasteiger partial charge in [-0.2, -0.15) is 4.98 Å². The Bertz CT molecular complexity index is 637. The Morgan fingerprint density at radius 3 is 2.90 bits per heavy atom. The summed E-state index contributed by atoms with van der Waals surface area (Å²) < 4.78 is 10.8. The van der Waals surface area contributed by atoms with Gasteiger partial charge in [0.05, 0.1) is 17.5 Å². The van der Waals surface area contributed by atoms with Crippen molar-refractivity contribution in [3.05, 3.63) is 28.6 Å². The highest BCUT2D eigenvalue weighted by molar-refractivity contribution is 5.81. The Morgan fingerprint density at radius 2 is 2.15 bits per heavy atom. The van der Waals surface area contributed by atoms with Crippen LogP contribution in [0.2, 0.25) is 0 Å². The molecule has 20 heavy (non-hydrogen) atoms. The summed E-state index contributed by atoms with van der Waals surface area (Å²) in [5.41, 5.74) is 6.46. The molecule has 1 aromatic carbocycles. The van der Waals surface area contributed by atoms with E-state index in [1.807, 2.05) is 0 Å². The van der Waals surface area contributed by atoms with Crippen molar-refractivity contribution >= 4 is 16.6 Å². The molecule has 0 radical (unpaired) electrons. The Morgan fingerprint density at radius 1 is 1.35 bits per heavy atom. The lowest BCUT2D eigenvalue weighted by atomic mass is 10.2. The maximum Gasteiger partial charge on any atom is 0.297 e. The number of nitrogens with two attached hydrogens (primary N) is 1. The number of anilines is 1. The number of rotatable bonds is 6. The standard InChI is InChI=1S/C14H19N3O3/c1-9(2)8-19-5-6-20-14-16-12-4-3-10(15)7-11(12)13(18)17-14/h3-4,7,9H,5-6,8,15H2,1-2H3,(H,16,17,18). The van der Waals surface area contributed by atoms with Gasteiger partial charge in [-0.15, -0.1) is 0 Å². The summed E-state index contributed by atoms with van der Waals surface area (Å²) in [5.74, 6) is 0.485. The maximum absolute atomic E-state index is 11.9. The van der Waals surface area contributed by atoms with Crippen molar-refractivity contribution in [1.29, 1.82) is 0 Å². The average Bonchev–Trinajstić information content (AvgIpc) is 2.39. The van der Waals surface area contributed by atoms with E-state index >= 15 is 0 Å². The molecular weight excluding hydrogens is 258 g/mol. The molecule has 108 valence electrons. The van der Waals surface area contributed by atoms with Crippen LogP contribution in [-0.2, 0) is 4.74 Å². The number of hydrogen-bond acceptors (Lipinski definition) is 5. The van der Waals surface area contributed by atoms with E-state index in [9.17, 15) is 4.79 Å². The number of aromatic amines is 1. The van der Waals surface area contributed by atoms with E-state index in [1.54, 1.807) is 18.2 Å². The molecule has 0 aliphatic heterocycles. The quantitative estimate of drug-likeness (QED) is 0.617. The molecule has 0 aliphatic carbocycles. The highest BCUT2D eigenvalue weighted by atomic mass is 16.5. The Balaban J connectivity index is 2.01. The highest BCUT2D eigenvalue weighted by Crippen LogP contribution is 2.13. The van der Waals surface area contributed by atoms with Gasteiger partial charge in [0, 0.05) is 12.3 Å². The first-order chi connectivity index (χ1) is 9.56. The third kappa shape index (κ3) is 3.71. The number of nitrogen functional groups attached to an aromatic ring is 1. The molecule has 2 rings (SSSR count). The third-order valence-electron chi connectivity index (χ3n) is 2.63. The van der Waals surface area contributed by atoms with Gasteiger partial charge in [-0.3, -0.25) is 9.78 Å². The number of hydrogen-bond donors (Lipinski definition) is 2. The monoisotopic (exact) mass is 277 g/mol. The molecule has 0 aliphatic rings. The molecule has 0 unspecified atom stereocenters. The molecule has 6 nitrogen and oxygen atoms in total. The summed E-state index contributed by atoms with van der Waals surface area (Å²) in [5, 5.41) is 0.452. The maximum atomic E-state index is 11.9. The van der Waals surface area contributed by atoms with Crippen LogP contribution in [0.15, 0.2) is 23.0 Å². The van der Waals surface area contributed by atoms with Gasteiger partial charge in [-0.25, -0.2) is 0 Å². The Labute approximate surface area is 116 Å². The molecule has 3 N–H and O–H groups in total. The summed E-state index contributed by atoms with van der Waals surface area (Å²) in [4.78, 5) is 18.7.